The largest absolute Gasteiger partial charge is 0.383 e. The minimum Gasteiger partial charge on any atom is -0.383 e. The number of benzene rings is 1. The summed E-state index contributed by atoms with van der Waals surface area (Å²) < 4.78 is 0. The van der Waals surface area contributed by atoms with Crippen LogP contribution in [-0.4, -0.2) is 43.0 Å². The first-order chi connectivity index (χ1) is 10.6. The van der Waals surface area contributed by atoms with E-state index in [9.17, 15) is 4.79 Å². The Labute approximate surface area is 131 Å². The zero-order valence-corrected chi connectivity index (χ0v) is 13.0. The lowest BCUT2D eigenvalue weighted by atomic mass is 10.2. The third kappa shape index (κ3) is 5.18. The Morgan fingerprint density at radius 2 is 1.91 bits per heavy atom. The van der Waals surface area contributed by atoms with Crippen LogP contribution in [0.3, 0.4) is 0 Å². The minimum atomic E-state index is -0.163. The summed E-state index contributed by atoms with van der Waals surface area (Å²) in [5.41, 5.74) is 2.41. The van der Waals surface area contributed by atoms with Crippen LogP contribution in [0.1, 0.15) is 16.1 Å². The molecular formula is C17H22N4O. The third-order valence-corrected chi connectivity index (χ3v) is 3.18. The molecule has 5 nitrogen and oxygen atoms in total. The Hall–Kier alpha value is -2.40. The Balaban J connectivity index is 1.83. The highest BCUT2D eigenvalue weighted by Gasteiger charge is 2.06. The van der Waals surface area contributed by atoms with Crippen molar-refractivity contribution in [2.24, 2.45) is 0 Å². The highest BCUT2D eigenvalue weighted by atomic mass is 16.1. The van der Waals surface area contributed by atoms with E-state index in [1.807, 2.05) is 50.5 Å². The number of carbonyl (C=O) groups is 1. The van der Waals surface area contributed by atoms with Crippen LogP contribution in [0.25, 0.3) is 0 Å². The molecule has 2 N–H and O–H groups in total. The first kappa shape index (κ1) is 16.0. The summed E-state index contributed by atoms with van der Waals surface area (Å²) in [6.07, 6.45) is 1.69. The van der Waals surface area contributed by atoms with Gasteiger partial charge in [0.2, 0.25) is 0 Å². The van der Waals surface area contributed by atoms with E-state index in [2.05, 4.69) is 20.5 Å². The predicted octanol–water partition coefficient (Wildman–Crippen LogP) is 1.99. The average molecular weight is 298 g/mol. The van der Waals surface area contributed by atoms with E-state index < -0.39 is 0 Å². The van der Waals surface area contributed by atoms with Gasteiger partial charge in [-0.2, -0.15) is 0 Å². The molecule has 0 bridgehead atoms. The number of nitrogens with zero attached hydrogens (tertiary/aromatic N) is 2. The van der Waals surface area contributed by atoms with Gasteiger partial charge in [-0.3, -0.25) is 4.79 Å². The van der Waals surface area contributed by atoms with E-state index in [1.165, 1.54) is 0 Å². The van der Waals surface area contributed by atoms with Crippen LogP contribution in [0.15, 0.2) is 48.7 Å². The molecule has 1 aromatic heterocycles. The maximum Gasteiger partial charge on any atom is 0.270 e. The van der Waals surface area contributed by atoms with Gasteiger partial charge in [0.15, 0.2) is 0 Å². The quantitative estimate of drug-likeness (QED) is 0.821. The molecule has 0 unspecified atom stereocenters. The van der Waals surface area contributed by atoms with Crippen molar-refractivity contribution in [1.29, 1.82) is 0 Å². The zero-order valence-electron chi connectivity index (χ0n) is 13.0. The van der Waals surface area contributed by atoms with Gasteiger partial charge in [0, 0.05) is 19.6 Å². The Morgan fingerprint density at radius 1 is 1.14 bits per heavy atom. The van der Waals surface area contributed by atoms with Crippen molar-refractivity contribution in [2.45, 2.75) is 6.54 Å². The van der Waals surface area contributed by atoms with Crippen molar-refractivity contribution in [3.8, 4) is 0 Å². The van der Waals surface area contributed by atoms with E-state index in [4.69, 9.17) is 0 Å². The molecule has 0 saturated carbocycles. The fourth-order valence-electron chi connectivity index (χ4n) is 1.93. The number of carbonyl (C=O) groups excluding carboxylic acids is 1. The van der Waals surface area contributed by atoms with Crippen molar-refractivity contribution in [3.63, 3.8) is 0 Å². The average Bonchev–Trinajstić information content (AvgIpc) is 2.54. The van der Waals surface area contributed by atoms with E-state index in [0.717, 1.165) is 24.3 Å². The third-order valence-electron chi connectivity index (χ3n) is 3.18. The lowest BCUT2D eigenvalue weighted by Crippen LogP contribution is -2.24. The number of anilines is 1. The molecule has 1 amide bonds. The molecule has 0 radical (unpaired) electrons. The maximum atomic E-state index is 12.0. The molecule has 0 spiro atoms. The normalized spacial score (nSPS) is 10.5. The van der Waals surface area contributed by atoms with E-state index in [0.29, 0.717) is 12.2 Å². The number of amides is 1. The van der Waals surface area contributed by atoms with Gasteiger partial charge < -0.3 is 15.5 Å². The van der Waals surface area contributed by atoms with Crippen LogP contribution < -0.4 is 10.6 Å². The lowest BCUT2D eigenvalue weighted by molar-refractivity contribution is 0.0946. The lowest BCUT2D eigenvalue weighted by Gasteiger charge is -2.11. The molecular weight excluding hydrogens is 276 g/mol. The smallest absolute Gasteiger partial charge is 0.270 e. The molecule has 0 aliphatic carbocycles. The van der Waals surface area contributed by atoms with Crippen molar-refractivity contribution in [2.75, 3.05) is 32.5 Å². The number of pyridine rings is 1. The highest BCUT2D eigenvalue weighted by Crippen LogP contribution is 2.06. The fourth-order valence-corrected chi connectivity index (χ4v) is 1.93. The van der Waals surface area contributed by atoms with Gasteiger partial charge in [-0.05, 0) is 31.8 Å². The first-order valence-electron chi connectivity index (χ1n) is 7.32. The molecule has 2 aromatic rings. The van der Waals surface area contributed by atoms with Gasteiger partial charge in [0.05, 0.1) is 11.9 Å². The van der Waals surface area contributed by atoms with Gasteiger partial charge in [0.25, 0.3) is 5.91 Å². The molecule has 0 atom stereocenters. The zero-order chi connectivity index (χ0) is 15.8. The van der Waals surface area contributed by atoms with Crippen molar-refractivity contribution < 1.29 is 4.79 Å². The second-order valence-electron chi connectivity index (χ2n) is 5.33. The standard InChI is InChI=1S/C17H22N4O/c1-21(2)11-10-18-15-8-9-16(19-13-15)17(22)20-12-14-6-4-3-5-7-14/h3-9,13,18H,10-12H2,1-2H3,(H,20,22). The van der Waals surface area contributed by atoms with Crippen LogP contribution in [0, 0.1) is 0 Å². The summed E-state index contributed by atoms with van der Waals surface area (Å²) >= 11 is 0. The maximum absolute atomic E-state index is 12.0. The van der Waals surface area contributed by atoms with Crippen LogP contribution in [0.2, 0.25) is 0 Å². The van der Waals surface area contributed by atoms with E-state index in [1.54, 1.807) is 12.3 Å². The summed E-state index contributed by atoms with van der Waals surface area (Å²) in [5.74, 6) is -0.163. The molecule has 22 heavy (non-hydrogen) atoms. The van der Waals surface area contributed by atoms with Crippen LogP contribution in [0.4, 0.5) is 5.69 Å². The Bertz CT molecular complexity index is 581. The number of aromatic nitrogens is 1. The number of hydrogen-bond donors (Lipinski definition) is 2. The van der Waals surface area contributed by atoms with Gasteiger partial charge >= 0.3 is 0 Å². The van der Waals surface area contributed by atoms with E-state index in [-0.39, 0.29) is 5.91 Å². The fraction of sp³-hybridized carbons (Fsp3) is 0.294. The molecule has 2 rings (SSSR count). The second-order valence-corrected chi connectivity index (χ2v) is 5.33. The molecule has 116 valence electrons. The predicted molar refractivity (Wildman–Crippen MR) is 88.9 cm³/mol. The summed E-state index contributed by atoms with van der Waals surface area (Å²) in [7, 11) is 4.06. The summed E-state index contributed by atoms with van der Waals surface area (Å²) in [6, 6.07) is 13.4. The molecule has 5 heteroatoms. The molecule has 0 aliphatic heterocycles. The number of nitrogens with one attached hydrogen (secondary N) is 2. The van der Waals surface area contributed by atoms with Crippen LogP contribution in [0.5, 0.6) is 0 Å². The summed E-state index contributed by atoms with van der Waals surface area (Å²) in [5, 5.41) is 6.13. The Morgan fingerprint density at radius 3 is 2.55 bits per heavy atom. The van der Waals surface area contributed by atoms with Crippen molar-refractivity contribution in [1.82, 2.24) is 15.2 Å². The van der Waals surface area contributed by atoms with Crippen molar-refractivity contribution in [3.05, 3.63) is 59.9 Å². The highest BCUT2D eigenvalue weighted by molar-refractivity contribution is 5.92. The van der Waals surface area contributed by atoms with Crippen molar-refractivity contribution >= 4 is 11.6 Å². The molecule has 1 aromatic carbocycles. The van der Waals surface area contributed by atoms with E-state index >= 15 is 0 Å². The monoisotopic (exact) mass is 298 g/mol. The Kier molecular flexibility index (Phi) is 5.91. The topological polar surface area (TPSA) is 57.3 Å². The summed E-state index contributed by atoms with van der Waals surface area (Å²) in [6.45, 7) is 2.29. The minimum absolute atomic E-state index is 0.163. The number of hydrogen-bond acceptors (Lipinski definition) is 4. The second kappa shape index (κ2) is 8.14. The van der Waals surface area contributed by atoms with Crippen LogP contribution >= 0.6 is 0 Å². The molecule has 0 fully saturated rings. The van der Waals surface area contributed by atoms with Gasteiger partial charge in [-0.1, -0.05) is 30.3 Å². The van der Waals surface area contributed by atoms with Gasteiger partial charge in [-0.25, -0.2) is 4.98 Å². The number of rotatable bonds is 7. The first-order valence-corrected chi connectivity index (χ1v) is 7.32. The van der Waals surface area contributed by atoms with Gasteiger partial charge in [0.1, 0.15) is 5.69 Å². The molecule has 0 saturated heterocycles. The summed E-state index contributed by atoms with van der Waals surface area (Å²) in [4.78, 5) is 18.3. The molecule has 1 heterocycles. The molecule has 0 aliphatic rings. The van der Waals surface area contributed by atoms with Crippen LogP contribution in [-0.2, 0) is 6.54 Å². The number of likely N-dealkylation sites (N-methyl/N-ethyl adjacent to an activating group) is 1. The SMILES string of the molecule is CN(C)CCNc1ccc(C(=O)NCc2ccccc2)nc1. The van der Waals surface area contributed by atoms with Gasteiger partial charge in [-0.15, -0.1) is 0 Å².